The molecule has 48 valence electrons. The summed E-state index contributed by atoms with van der Waals surface area (Å²) in [6.07, 6.45) is 0.490. The van der Waals surface area contributed by atoms with Gasteiger partial charge in [0.05, 0.1) is 0 Å². The van der Waals surface area contributed by atoms with Crippen LogP contribution in [-0.4, -0.2) is 19.1 Å². The maximum absolute atomic E-state index is 11.7. The fraction of sp³-hybridized carbons (Fsp3) is 0.800. The smallest absolute Gasteiger partial charge is 0.153 e. The highest BCUT2D eigenvalue weighted by molar-refractivity contribution is 5.57. The molecular formula is C5H11FN2. The van der Waals surface area contributed by atoms with E-state index in [-0.39, 0.29) is 6.42 Å². The first-order chi connectivity index (χ1) is 3.77. The Hall–Kier alpha value is -0.440. The molecular weight excluding hydrogens is 107 g/mol. The zero-order chi connectivity index (χ0) is 6.41. The van der Waals surface area contributed by atoms with Crippen molar-refractivity contribution in [3.05, 3.63) is 0 Å². The van der Waals surface area contributed by atoms with Crippen molar-refractivity contribution in [3.63, 3.8) is 0 Å². The molecule has 0 bridgehead atoms. The Labute approximate surface area is 48.6 Å². The van der Waals surface area contributed by atoms with Crippen LogP contribution in [0.4, 0.5) is 4.39 Å². The quantitative estimate of drug-likeness (QED) is 0.430. The van der Waals surface area contributed by atoms with E-state index in [9.17, 15) is 4.39 Å². The van der Waals surface area contributed by atoms with Crippen molar-refractivity contribution in [1.82, 2.24) is 0 Å². The Balaban J connectivity index is 3.03. The normalized spacial score (nSPS) is 14.9. The molecule has 0 heterocycles. The molecule has 3 heteroatoms. The van der Waals surface area contributed by atoms with E-state index >= 15 is 0 Å². The predicted molar refractivity (Wildman–Crippen MR) is 32.7 cm³/mol. The molecule has 2 N–H and O–H groups in total. The molecule has 0 rings (SSSR count). The molecule has 0 saturated heterocycles. The van der Waals surface area contributed by atoms with Gasteiger partial charge in [-0.1, -0.05) is 0 Å². The number of hydrogen-bond acceptors (Lipinski definition) is 2. The summed E-state index contributed by atoms with van der Waals surface area (Å²) in [5, 5.41) is 0. The van der Waals surface area contributed by atoms with Crippen molar-refractivity contribution in [2.24, 2.45) is 10.7 Å². The van der Waals surface area contributed by atoms with E-state index in [2.05, 4.69) is 4.99 Å². The highest BCUT2D eigenvalue weighted by atomic mass is 19.1. The molecule has 0 aliphatic heterocycles. The molecule has 0 amide bonds. The van der Waals surface area contributed by atoms with Crippen molar-refractivity contribution in [1.29, 1.82) is 0 Å². The average molecular weight is 118 g/mol. The van der Waals surface area contributed by atoms with Crippen LogP contribution in [0.1, 0.15) is 13.3 Å². The number of nitrogens with two attached hydrogens (primary N) is 1. The molecule has 8 heavy (non-hydrogen) atoms. The SMILES string of the molecule is CC/N=C\CC(N)F. The number of nitrogens with zero attached hydrogens (tertiary/aromatic N) is 1. The standard InChI is InChI=1S/C5H11FN2/c1-2-8-4-3-5(6)7/h4-5H,2-3,7H2,1H3/b8-4-. The van der Waals surface area contributed by atoms with Crippen molar-refractivity contribution in [3.8, 4) is 0 Å². The van der Waals surface area contributed by atoms with E-state index in [4.69, 9.17) is 5.73 Å². The van der Waals surface area contributed by atoms with E-state index in [1.165, 1.54) is 6.21 Å². The topological polar surface area (TPSA) is 38.4 Å². The monoisotopic (exact) mass is 118 g/mol. The molecule has 0 saturated carbocycles. The first-order valence-corrected chi connectivity index (χ1v) is 2.65. The molecule has 0 aromatic carbocycles. The van der Waals surface area contributed by atoms with E-state index in [1.54, 1.807) is 0 Å². The van der Waals surface area contributed by atoms with Gasteiger partial charge in [-0.05, 0) is 6.92 Å². The lowest BCUT2D eigenvalue weighted by Crippen LogP contribution is -2.12. The van der Waals surface area contributed by atoms with Gasteiger partial charge in [0.1, 0.15) is 0 Å². The van der Waals surface area contributed by atoms with Gasteiger partial charge in [0.25, 0.3) is 0 Å². The zero-order valence-electron chi connectivity index (χ0n) is 4.97. The Morgan fingerprint density at radius 2 is 2.50 bits per heavy atom. The first-order valence-electron chi connectivity index (χ1n) is 2.65. The third-order valence-corrected chi connectivity index (χ3v) is 0.642. The summed E-state index contributed by atoms with van der Waals surface area (Å²) in [6, 6.07) is 0. The summed E-state index contributed by atoms with van der Waals surface area (Å²) in [4.78, 5) is 3.77. The minimum Gasteiger partial charge on any atom is -0.301 e. The van der Waals surface area contributed by atoms with E-state index in [1.807, 2.05) is 6.92 Å². The predicted octanol–water partition coefficient (Wildman–Crippen LogP) is 0.722. The largest absolute Gasteiger partial charge is 0.301 e. The fourth-order valence-corrected chi connectivity index (χ4v) is 0.304. The van der Waals surface area contributed by atoms with Crippen LogP contribution in [0.15, 0.2) is 4.99 Å². The van der Waals surface area contributed by atoms with Gasteiger partial charge < -0.3 is 5.73 Å². The Kier molecular flexibility index (Phi) is 4.45. The highest BCUT2D eigenvalue weighted by Gasteiger charge is 1.90. The van der Waals surface area contributed by atoms with Crippen LogP contribution < -0.4 is 5.73 Å². The molecule has 0 fully saturated rings. The molecule has 0 aromatic rings. The minimum absolute atomic E-state index is 0.230. The summed E-state index contributed by atoms with van der Waals surface area (Å²) in [6.45, 7) is 2.59. The molecule has 1 atom stereocenters. The minimum atomic E-state index is -1.25. The second kappa shape index (κ2) is 4.71. The van der Waals surface area contributed by atoms with E-state index < -0.39 is 6.30 Å². The fourth-order valence-electron chi connectivity index (χ4n) is 0.304. The van der Waals surface area contributed by atoms with Crippen LogP contribution in [0.5, 0.6) is 0 Å². The zero-order valence-corrected chi connectivity index (χ0v) is 4.97. The summed E-state index contributed by atoms with van der Waals surface area (Å²) < 4.78 is 11.7. The van der Waals surface area contributed by atoms with Crippen LogP contribution in [-0.2, 0) is 0 Å². The van der Waals surface area contributed by atoms with Gasteiger partial charge in [-0.25, -0.2) is 4.39 Å². The van der Waals surface area contributed by atoms with E-state index in [0.717, 1.165) is 0 Å². The van der Waals surface area contributed by atoms with Crippen LogP contribution in [0.25, 0.3) is 0 Å². The highest BCUT2D eigenvalue weighted by Crippen LogP contribution is 1.83. The van der Waals surface area contributed by atoms with Crippen molar-refractivity contribution < 1.29 is 4.39 Å². The third kappa shape index (κ3) is 5.56. The summed E-state index contributed by atoms with van der Waals surface area (Å²) in [5.74, 6) is 0. The van der Waals surface area contributed by atoms with E-state index in [0.29, 0.717) is 6.54 Å². The summed E-state index contributed by atoms with van der Waals surface area (Å²) in [7, 11) is 0. The van der Waals surface area contributed by atoms with Gasteiger partial charge in [0.2, 0.25) is 0 Å². The number of halogens is 1. The Morgan fingerprint density at radius 1 is 1.88 bits per heavy atom. The van der Waals surface area contributed by atoms with Gasteiger partial charge in [-0.15, -0.1) is 0 Å². The van der Waals surface area contributed by atoms with Gasteiger partial charge in [-0.2, -0.15) is 0 Å². The lowest BCUT2D eigenvalue weighted by atomic mass is 10.4. The molecule has 1 unspecified atom stereocenters. The molecule has 2 nitrogen and oxygen atoms in total. The summed E-state index contributed by atoms with van der Waals surface area (Å²) in [5.41, 5.74) is 4.78. The van der Waals surface area contributed by atoms with Crippen molar-refractivity contribution in [2.45, 2.75) is 19.6 Å². The molecule has 0 aliphatic rings. The van der Waals surface area contributed by atoms with Gasteiger partial charge in [-0.3, -0.25) is 4.99 Å². The van der Waals surface area contributed by atoms with Gasteiger partial charge in [0, 0.05) is 19.2 Å². The lowest BCUT2D eigenvalue weighted by Gasteiger charge is -1.90. The number of hydrogen-bond donors (Lipinski definition) is 1. The Bertz CT molecular complexity index is 70.8. The number of alkyl halides is 1. The van der Waals surface area contributed by atoms with Gasteiger partial charge in [0.15, 0.2) is 6.30 Å². The van der Waals surface area contributed by atoms with Crippen LogP contribution in [0.2, 0.25) is 0 Å². The number of aliphatic imine (C=N–C) groups is 1. The first kappa shape index (κ1) is 7.56. The molecule has 0 aliphatic carbocycles. The third-order valence-electron chi connectivity index (χ3n) is 0.642. The molecule has 0 radical (unpaired) electrons. The maximum Gasteiger partial charge on any atom is 0.153 e. The van der Waals surface area contributed by atoms with Crippen LogP contribution in [0.3, 0.4) is 0 Å². The second-order valence-corrected chi connectivity index (χ2v) is 1.43. The van der Waals surface area contributed by atoms with Crippen molar-refractivity contribution in [2.75, 3.05) is 6.54 Å². The Morgan fingerprint density at radius 3 is 2.88 bits per heavy atom. The van der Waals surface area contributed by atoms with Gasteiger partial charge >= 0.3 is 0 Å². The van der Waals surface area contributed by atoms with Crippen molar-refractivity contribution >= 4 is 6.21 Å². The molecule has 0 spiro atoms. The van der Waals surface area contributed by atoms with Crippen LogP contribution in [0, 0.1) is 0 Å². The summed E-state index contributed by atoms with van der Waals surface area (Å²) >= 11 is 0. The second-order valence-electron chi connectivity index (χ2n) is 1.43. The average Bonchev–Trinajstić information content (AvgIpc) is 1.66. The maximum atomic E-state index is 11.7. The number of rotatable bonds is 3. The molecule has 0 aromatic heterocycles. The lowest BCUT2D eigenvalue weighted by molar-refractivity contribution is 0.357. The van der Waals surface area contributed by atoms with Crippen LogP contribution >= 0.6 is 0 Å².